The molecule has 0 aliphatic rings. The largest absolute Gasteiger partial charge is 0.324 e. The molecule has 1 heterocycles. The predicted octanol–water partition coefficient (Wildman–Crippen LogP) is 3.86. The molecular weight excluding hydrogens is 361 g/mol. The Morgan fingerprint density at radius 3 is 2.32 bits per heavy atom. The number of nitrogens with one attached hydrogen (secondary N) is 1. The SMILES string of the molecule is O=C(Cn1ncc(Cl)c(Cl)c1=O)Nc1ccc(-c2ccccc2)cc1. The number of hydrogen-bond donors (Lipinski definition) is 1. The fourth-order valence-corrected chi connectivity index (χ4v) is 2.54. The minimum Gasteiger partial charge on any atom is -0.324 e. The van der Waals surface area contributed by atoms with E-state index in [0.29, 0.717) is 5.69 Å². The van der Waals surface area contributed by atoms with Gasteiger partial charge in [-0.15, -0.1) is 0 Å². The minimum atomic E-state index is -0.608. The molecule has 0 aliphatic carbocycles. The lowest BCUT2D eigenvalue weighted by molar-refractivity contribution is -0.117. The van der Waals surface area contributed by atoms with Crippen molar-refractivity contribution in [1.82, 2.24) is 9.78 Å². The highest BCUT2D eigenvalue weighted by Crippen LogP contribution is 2.21. The number of carbonyl (C=O) groups excluding carboxylic acids is 1. The van der Waals surface area contributed by atoms with Crippen LogP contribution in [0.2, 0.25) is 10.0 Å². The van der Waals surface area contributed by atoms with Crippen LogP contribution in [0.5, 0.6) is 0 Å². The van der Waals surface area contributed by atoms with Crippen molar-refractivity contribution >= 4 is 34.8 Å². The molecule has 0 aliphatic heterocycles. The summed E-state index contributed by atoms with van der Waals surface area (Å²) < 4.78 is 0.960. The van der Waals surface area contributed by atoms with Gasteiger partial charge in [0.1, 0.15) is 11.6 Å². The van der Waals surface area contributed by atoms with Gasteiger partial charge in [0.2, 0.25) is 5.91 Å². The van der Waals surface area contributed by atoms with Crippen molar-refractivity contribution in [3.63, 3.8) is 0 Å². The van der Waals surface area contributed by atoms with Gasteiger partial charge in [-0.05, 0) is 23.3 Å². The van der Waals surface area contributed by atoms with E-state index >= 15 is 0 Å². The number of amides is 1. The molecule has 7 heteroatoms. The van der Waals surface area contributed by atoms with Crippen molar-refractivity contribution in [2.75, 3.05) is 5.32 Å². The van der Waals surface area contributed by atoms with Gasteiger partial charge in [0.15, 0.2) is 0 Å². The molecule has 3 aromatic rings. The molecule has 1 amide bonds. The van der Waals surface area contributed by atoms with E-state index in [1.807, 2.05) is 42.5 Å². The fourth-order valence-electron chi connectivity index (χ4n) is 2.27. The molecule has 0 fully saturated rings. The Bertz CT molecular complexity index is 954. The van der Waals surface area contributed by atoms with Gasteiger partial charge >= 0.3 is 0 Å². The highest BCUT2D eigenvalue weighted by atomic mass is 35.5. The molecule has 1 N–H and O–H groups in total. The van der Waals surface area contributed by atoms with Gasteiger partial charge < -0.3 is 5.32 Å². The van der Waals surface area contributed by atoms with Gasteiger partial charge in [-0.25, -0.2) is 4.68 Å². The van der Waals surface area contributed by atoms with Crippen LogP contribution < -0.4 is 10.9 Å². The third-order valence-corrected chi connectivity index (χ3v) is 4.26. The first-order valence-corrected chi connectivity index (χ1v) is 8.16. The van der Waals surface area contributed by atoms with E-state index < -0.39 is 5.56 Å². The van der Waals surface area contributed by atoms with Crippen LogP contribution in [-0.2, 0) is 11.3 Å². The second-order valence-corrected chi connectivity index (χ2v) is 6.05. The Morgan fingerprint density at radius 2 is 1.64 bits per heavy atom. The molecule has 0 radical (unpaired) electrons. The lowest BCUT2D eigenvalue weighted by atomic mass is 10.1. The molecule has 25 heavy (non-hydrogen) atoms. The van der Waals surface area contributed by atoms with Crippen molar-refractivity contribution in [2.45, 2.75) is 6.54 Å². The number of nitrogens with zero attached hydrogens (tertiary/aromatic N) is 2. The summed E-state index contributed by atoms with van der Waals surface area (Å²) in [6, 6.07) is 17.3. The van der Waals surface area contributed by atoms with Gasteiger partial charge in [-0.1, -0.05) is 65.7 Å². The topological polar surface area (TPSA) is 64.0 Å². The fraction of sp³-hybridized carbons (Fsp3) is 0.0556. The smallest absolute Gasteiger partial charge is 0.287 e. The summed E-state index contributed by atoms with van der Waals surface area (Å²) in [6.45, 7) is -0.254. The summed E-state index contributed by atoms with van der Waals surface area (Å²) >= 11 is 11.5. The zero-order valence-electron chi connectivity index (χ0n) is 12.9. The van der Waals surface area contributed by atoms with Crippen molar-refractivity contribution in [3.8, 4) is 11.1 Å². The third-order valence-electron chi connectivity index (χ3n) is 3.51. The monoisotopic (exact) mass is 373 g/mol. The highest BCUT2D eigenvalue weighted by Gasteiger charge is 2.11. The average Bonchev–Trinajstić information content (AvgIpc) is 2.63. The molecule has 0 unspecified atom stereocenters. The van der Waals surface area contributed by atoms with Gasteiger partial charge in [-0.3, -0.25) is 9.59 Å². The number of benzene rings is 2. The quantitative estimate of drug-likeness (QED) is 0.755. The first-order chi connectivity index (χ1) is 12.0. The highest BCUT2D eigenvalue weighted by molar-refractivity contribution is 6.41. The van der Waals surface area contributed by atoms with Gasteiger partial charge in [0, 0.05) is 5.69 Å². The van der Waals surface area contributed by atoms with Crippen molar-refractivity contribution in [1.29, 1.82) is 0 Å². The molecule has 126 valence electrons. The zero-order chi connectivity index (χ0) is 17.8. The summed E-state index contributed by atoms with van der Waals surface area (Å²) in [6.07, 6.45) is 1.23. The van der Waals surface area contributed by atoms with Crippen LogP contribution in [0.4, 0.5) is 5.69 Å². The summed E-state index contributed by atoms with van der Waals surface area (Å²) in [7, 11) is 0. The Balaban J connectivity index is 1.69. The first-order valence-electron chi connectivity index (χ1n) is 7.41. The van der Waals surface area contributed by atoms with E-state index in [1.54, 1.807) is 12.1 Å². The van der Waals surface area contributed by atoms with E-state index in [9.17, 15) is 9.59 Å². The molecule has 0 saturated heterocycles. The number of hydrogen-bond acceptors (Lipinski definition) is 3. The second-order valence-electron chi connectivity index (χ2n) is 5.26. The number of carbonyl (C=O) groups is 1. The molecule has 0 bridgehead atoms. The molecule has 0 spiro atoms. The van der Waals surface area contributed by atoms with Crippen LogP contribution >= 0.6 is 23.2 Å². The van der Waals surface area contributed by atoms with Crippen molar-refractivity contribution < 1.29 is 4.79 Å². The summed E-state index contributed by atoms with van der Waals surface area (Å²) in [5, 5.41) is 6.42. The second kappa shape index (κ2) is 7.51. The summed E-state index contributed by atoms with van der Waals surface area (Å²) in [5.74, 6) is -0.388. The molecule has 5 nitrogen and oxygen atoms in total. The Kier molecular flexibility index (Phi) is 5.16. The molecule has 3 rings (SSSR count). The molecule has 2 aromatic carbocycles. The maximum atomic E-state index is 12.1. The van der Waals surface area contributed by atoms with Crippen molar-refractivity contribution in [2.24, 2.45) is 0 Å². The van der Waals surface area contributed by atoms with E-state index in [0.717, 1.165) is 15.8 Å². The maximum Gasteiger partial charge on any atom is 0.287 e. The normalized spacial score (nSPS) is 10.5. The van der Waals surface area contributed by atoms with Crippen LogP contribution in [0.1, 0.15) is 0 Å². The van der Waals surface area contributed by atoms with Gasteiger partial charge in [0.05, 0.1) is 11.2 Å². The summed E-state index contributed by atoms with van der Waals surface area (Å²) in [5.41, 5.74) is 2.15. The Labute approximate surface area is 153 Å². The standard InChI is InChI=1S/C18H13Cl2N3O2/c19-15-10-21-23(18(25)17(15)20)11-16(24)22-14-8-6-13(7-9-14)12-4-2-1-3-5-12/h1-10H,11H2,(H,22,24). The molecule has 0 atom stereocenters. The third kappa shape index (κ3) is 4.07. The van der Waals surface area contributed by atoms with E-state index in [1.165, 1.54) is 6.20 Å². The van der Waals surface area contributed by atoms with Crippen LogP contribution in [0, 0.1) is 0 Å². The van der Waals surface area contributed by atoms with E-state index in [-0.39, 0.29) is 22.5 Å². The number of halogens is 2. The van der Waals surface area contributed by atoms with Crippen LogP contribution in [0.25, 0.3) is 11.1 Å². The van der Waals surface area contributed by atoms with Gasteiger partial charge in [-0.2, -0.15) is 5.10 Å². The van der Waals surface area contributed by atoms with Crippen LogP contribution in [0.15, 0.2) is 65.6 Å². The lowest BCUT2D eigenvalue weighted by Crippen LogP contribution is -2.29. The predicted molar refractivity (Wildman–Crippen MR) is 99.0 cm³/mol. The Hall–Kier alpha value is -2.63. The minimum absolute atomic E-state index is 0.0554. The van der Waals surface area contributed by atoms with E-state index in [4.69, 9.17) is 23.2 Å². The van der Waals surface area contributed by atoms with Gasteiger partial charge in [0.25, 0.3) is 5.56 Å². The molecule has 1 aromatic heterocycles. The van der Waals surface area contributed by atoms with Crippen LogP contribution in [-0.4, -0.2) is 15.7 Å². The summed E-state index contributed by atoms with van der Waals surface area (Å²) in [4.78, 5) is 24.0. The molecular formula is C18H13Cl2N3O2. The van der Waals surface area contributed by atoms with E-state index in [2.05, 4.69) is 10.4 Å². The average molecular weight is 374 g/mol. The van der Waals surface area contributed by atoms with Crippen LogP contribution in [0.3, 0.4) is 0 Å². The Morgan fingerprint density at radius 1 is 1.00 bits per heavy atom. The first kappa shape index (κ1) is 17.2. The maximum absolute atomic E-state index is 12.1. The number of rotatable bonds is 4. The zero-order valence-corrected chi connectivity index (χ0v) is 14.5. The molecule has 0 saturated carbocycles. The number of anilines is 1. The van der Waals surface area contributed by atoms with Crippen molar-refractivity contribution in [3.05, 3.63) is 81.2 Å². The lowest BCUT2D eigenvalue weighted by Gasteiger charge is -2.08. The number of aromatic nitrogens is 2.